The summed E-state index contributed by atoms with van der Waals surface area (Å²) >= 11 is 0. The van der Waals surface area contributed by atoms with Gasteiger partial charge in [-0.1, -0.05) is 18.2 Å². The second-order valence-electron chi connectivity index (χ2n) is 4.87. The van der Waals surface area contributed by atoms with Gasteiger partial charge in [-0.2, -0.15) is 0 Å². The van der Waals surface area contributed by atoms with Crippen molar-refractivity contribution < 1.29 is 19.1 Å². The molecule has 0 N–H and O–H groups in total. The lowest BCUT2D eigenvalue weighted by atomic mass is 9.69. The average Bonchev–Trinajstić information content (AvgIpc) is 2.46. The van der Waals surface area contributed by atoms with Gasteiger partial charge < -0.3 is 9.47 Å². The molecule has 4 nitrogen and oxygen atoms in total. The Morgan fingerprint density at radius 3 is 2.30 bits per heavy atom. The van der Waals surface area contributed by atoms with Crippen LogP contribution in [0.2, 0.25) is 0 Å². The molecule has 4 heteroatoms. The predicted molar refractivity (Wildman–Crippen MR) is 77.0 cm³/mol. The van der Waals surface area contributed by atoms with Crippen LogP contribution in [0.25, 0.3) is 0 Å². The highest BCUT2D eigenvalue weighted by Gasteiger charge is 2.53. The summed E-state index contributed by atoms with van der Waals surface area (Å²) in [5, 5.41) is 0. The first-order chi connectivity index (χ1) is 9.63. The second-order valence-corrected chi connectivity index (χ2v) is 4.87. The van der Waals surface area contributed by atoms with E-state index in [1.54, 1.807) is 19.9 Å². The molecule has 20 heavy (non-hydrogen) atoms. The van der Waals surface area contributed by atoms with Crippen LogP contribution in [0.5, 0.6) is 0 Å². The van der Waals surface area contributed by atoms with Crippen LogP contribution in [0.4, 0.5) is 0 Å². The Balaban J connectivity index is 3.20. The first-order valence-corrected chi connectivity index (χ1v) is 7.25. The van der Waals surface area contributed by atoms with E-state index >= 15 is 0 Å². The van der Waals surface area contributed by atoms with Crippen LogP contribution in [0, 0.1) is 11.3 Å². The van der Waals surface area contributed by atoms with Crippen LogP contribution in [0.1, 0.15) is 39.5 Å². The summed E-state index contributed by atoms with van der Waals surface area (Å²) in [7, 11) is 0. The fourth-order valence-electron chi connectivity index (χ4n) is 2.67. The number of hydrogen-bond donors (Lipinski definition) is 0. The summed E-state index contributed by atoms with van der Waals surface area (Å²) in [6.45, 7) is 7.64. The zero-order valence-electron chi connectivity index (χ0n) is 12.4. The third-order valence-corrected chi connectivity index (χ3v) is 3.63. The Kier molecular flexibility index (Phi) is 6.49. The molecule has 0 aromatic carbocycles. The van der Waals surface area contributed by atoms with Crippen LogP contribution in [0.15, 0.2) is 24.8 Å². The fraction of sp³-hybridized carbons (Fsp3) is 0.625. The first-order valence-electron chi connectivity index (χ1n) is 7.25. The van der Waals surface area contributed by atoms with E-state index in [9.17, 15) is 9.59 Å². The van der Waals surface area contributed by atoms with Gasteiger partial charge in [0.15, 0.2) is 5.41 Å². The molecule has 0 aliphatic heterocycles. The minimum atomic E-state index is -1.29. The maximum absolute atomic E-state index is 12.5. The van der Waals surface area contributed by atoms with Gasteiger partial charge in [-0.05, 0) is 39.5 Å². The SMILES string of the molecule is C=CCC(C(=O)OCC)(C(=O)OCC)C1C=CCCC1. The molecule has 1 unspecified atom stereocenters. The summed E-state index contributed by atoms with van der Waals surface area (Å²) in [6.07, 6.45) is 8.51. The molecule has 0 aromatic rings. The Morgan fingerprint density at radius 1 is 1.30 bits per heavy atom. The van der Waals surface area contributed by atoms with Crippen LogP contribution in [-0.4, -0.2) is 25.2 Å². The van der Waals surface area contributed by atoms with Gasteiger partial charge in [-0.25, -0.2) is 0 Å². The van der Waals surface area contributed by atoms with Gasteiger partial charge in [0.2, 0.25) is 0 Å². The number of ether oxygens (including phenoxy) is 2. The molecule has 0 heterocycles. The second kappa shape index (κ2) is 7.88. The molecule has 0 saturated carbocycles. The lowest BCUT2D eigenvalue weighted by molar-refractivity contribution is -0.175. The van der Waals surface area contributed by atoms with Gasteiger partial charge in [0.05, 0.1) is 13.2 Å². The van der Waals surface area contributed by atoms with Crippen molar-refractivity contribution in [2.45, 2.75) is 39.5 Å². The van der Waals surface area contributed by atoms with Crippen LogP contribution < -0.4 is 0 Å². The van der Waals surface area contributed by atoms with Gasteiger partial charge in [-0.3, -0.25) is 9.59 Å². The Bertz CT molecular complexity index is 366. The lowest BCUT2D eigenvalue weighted by Gasteiger charge is -2.35. The van der Waals surface area contributed by atoms with Gasteiger partial charge in [0.25, 0.3) is 0 Å². The van der Waals surface area contributed by atoms with Crippen molar-refractivity contribution >= 4 is 11.9 Å². The number of hydrogen-bond acceptors (Lipinski definition) is 4. The Labute approximate surface area is 120 Å². The molecule has 1 atom stereocenters. The van der Waals surface area contributed by atoms with E-state index in [1.165, 1.54) is 0 Å². The quantitative estimate of drug-likeness (QED) is 0.408. The monoisotopic (exact) mass is 280 g/mol. The van der Waals surface area contributed by atoms with E-state index < -0.39 is 17.4 Å². The van der Waals surface area contributed by atoms with Crippen molar-refractivity contribution in [1.82, 2.24) is 0 Å². The smallest absolute Gasteiger partial charge is 0.324 e. The summed E-state index contributed by atoms with van der Waals surface area (Å²) < 4.78 is 10.3. The molecule has 112 valence electrons. The Morgan fingerprint density at radius 2 is 1.90 bits per heavy atom. The van der Waals surface area contributed by atoms with Crippen molar-refractivity contribution in [3.63, 3.8) is 0 Å². The molecular formula is C16H24O4. The van der Waals surface area contributed by atoms with Crippen molar-refractivity contribution in [3.05, 3.63) is 24.8 Å². The summed E-state index contributed by atoms with van der Waals surface area (Å²) in [5.41, 5.74) is -1.29. The Hall–Kier alpha value is -1.58. The van der Waals surface area contributed by atoms with E-state index in [0.29, 0.717) is 0 Å². The number of carbonyl (C=O) groups is 2. The van der Waals surface area contributed by atoms with Crippen LogP contribution >= 0.6 is 0 Å². The molecule has 1 aliphatic carbocycles. The van der Waals surface area contributed by atoms with Crippen LogP contribution in [0.3, 0.4) is 0 Å². The average molecular weight is 280 g/mol. The molecule has 0 spiro atoms. The minimum absolute atomic E-state index is 0.188. The zero-order chi connectivity index (χ0) is 15.0. The van der Waals surface area contributed by atoms with Crippen molar-refractivity contribution in [3.8, 4) is 0 Å². The van der Waals surface area contributed by atoms with Crippen molar-refractivity contribution in [2.75, 3.05) is 13.2 Å². The number of esters is 2. The molecule has 0 saturated heterocycles. The first kappa shape index (κ1) is 16.5. The maximum atomic E-state index is 12.5. The molecule has 1 rings (SSSR count). The van der Waals surface area contributed by atoms with Crippen molar-refractivity contribution in [2.24, 2.45) is 11.3 Å². The molecule has 0 bridgehead atoms. The number of carbonyl (C=O) groups excluding carboxylic acids is 2. The lowest BCUT2D eigenvalue weighted by Crippen LogP contribution is -2.47. The molecular weight excluding hydrogens is 256 g/mol. The van der Waals surface area contributed by atoms with E-state index in [-0.39, 0.29) is 25.6 Å². The zero-order valence-corrected chi connectivity index (χ0v) is 12.4. The largest absolute Gasteiger partial charge is 0.465 e. The van der Waals surface area contributed by atoms with Gasteiger partial charge in [0.1, 0.15) is 0 Å². The van der Waals surface area contributed by atoms with Gasteiger partial charge in [0, 0.05) is 5.92 Å². The third-order valence-electron chi connectivity index (χ3n) is 3.63. The van der Waals surface area contributed by atoms with E-state index in [4.69, 9.17) is 9.47 Å². The molecule has 0 aromatic heterocycles. The van der Waals surface area contributed by atoms with E-state index in [0.717, 1.165) is 19.3 Å². The highest BCUT2D eigenvalue weighted by atomic mass is 16.6. The van der Waals surface area contributed by atoms with Gasteiger partial charge in [-0.15, -0.1) is 6.58 Å². The predicted octanol–water partition coefficient (Wildman–Crippen LogP) is 3.03. The normalized spacial score (nSPS) is 18.4. The van der Waals surface area contributed by atoms with Gasteiger partial charge >= 0.3 is 11.9 Å². The molecule has 0 fully saturated rings. The molecule has 1 aliphatic rings. The van der Waals surface area contributed by atoms with E-state index in [1.807, 2.05) is 12.2 Å². The molecule has 0 radical (unpaired) electrons. The van der Waals surface area contributed by atoms with Crippen molar-refractivity contribution in [1.29, 1.82) is 0 Å². The standard InChI is InChI=1S/C16H24O4/c1-4-12-16(14(17)19-5-2,15(18)20-6-3)13-10-8-7-9-11-13/h4,8,10,13H,1,5-7,9,11-12H2,2-3H3. The highest BCUT2D eigenvalue weighted by molar-refractivity contribution is 6.01. The maximum Gasteiger partial charge on any atom is 0.324 e. The molecule has 0 amide bonds. The van der Waals surface area contributed by atoms with Crippen LogP contribution in [-0.2, 0) is 19.1 Å². The minimum Gasteiger partial charge on any atom is -0.465 e. The highest BCUT2D eigenvalue weighted by Crippen LogP contribution is 2.41. The summed E-state index contributed by atoms with van der Waals surface area (Å²) in [5.74, 6) is -1.20. The summed E-state index contributed by atoms with van der Waals surface area (Å²) in [4.78, 5) is 24.9. The fourth-order valence-corrected chi connectivity index (χ4v) is 2.67. The number of rotatable bonds is 7. The topological polar surface area (TPSA) is 52.6 Å². The third kappa shape index (κ3) is 3.30. The number of allylic oxidation sites excluding steroid dienone is 3. The van der Waals surface area contributed by atoms with E-state index in [2.05, 4.69) is 6.58 Å². The summed E-state index contributed by atoms with van der Waals surface area (Å²) in [6, 6.07) is 0.